The number of benzene rings is 3. The van der Waals surface area contributed by atoms with Gasteiger partial charge in [-0.3, -0.25) is 0 Å². The number of hydrogen-bond acceptors (Lipinski definition) is 0. The van der Waals surface area contributed by atoms with E-state index in [0.717, 1.165) is 0 Å². The van der Waals surface area contributed by atoms with Crippen LogP contribution in [0.15, 0.2) is 91.0 Å². The molecule has 0 saturated heterocycles. The molecule has 0 unspecified atom stereocenters. The molecule has 0 spiro atoms. The van der Waals surface area contributed by atoms with Crippen LogP contribution in [0.1, 0.15) is 26.2 Å². The topological polar surface area (TPSA) is 0 Å². The van der Waals surface area contributed by atoms with Crippen LogP contribution in [0.3, 0.4) is 0 Å². The SMILES string of the molecule is CCCCC[P+](c1ccccc1)(c1ccccc1)c1ccccc1.[Cl-]. The number of unbranched alkanes of at least 4 members (excludes halogenated alkanes) is 2. The third-order valence-electron chi connectivity index (χ3n) is 4.69. The summed E-state index contributed by atoms with van der Waals surface area (Å²) in [6.45, 7) is 2.29. The van der Waals surface area contributed by atoms with Crippen molar-refractivity contribution in [2.75, 3.05) is 6.16 Å². The fraction of sp³-hybridized carbons (Fsp3) is 0.217. The summed E-state index contributed by atoms with van der Waals surface area (Å²) in [5.41, 5.74) is 0. The normalized spacial score (nSPS) is 10.9. The second-order valence-corrected chi connectivity index (χ2v) is 9.86. The molecule has 130 valence electrons. The van der Waals surface area contributed by atoms with Crippen LogP contribution in [0.5, 0.6) is 0 Å². The zero-order chi connectivity index (χ0) is 16.7. The number of halogens is 1. The van der Waals surface area contributed by atoms with Crippen LogP contribution in [0.2, 0.25) is 0 Å². The molecule has 0 atom stereocenters. The van der Waals surface area contributed by atoms with Crippen LogP contribution in [0.4, 0.5) is 0 Å². The molecule has 0 bridgehead atoms. The van der Waals surface area contributed by atoms with Crippen LogP contribution in [-0.2, 0) is 0 Å². The molecule has 0 amide bonds. The second-order valence-electron chi connectivity index (χ2n) is 6.25. The van der Waals surface area contributed by atoms with Crippen LogP contribution in [0.25, 0.3) is 0 Å². The molecular weight excluding hydrogens is 343 g/mol. The van der Waals surface area contributed by atoms with Gasteiger partial charge in [0.1, 0.15) is 23.2 Å². The van der Waals surface area contributed by atoms with Crippen molar-refractivity contribution in [2.45, 2.75) is 26.2 Å². The van der Waals surface area contributed by atoms with Gasteiger partial charge in [0.2, 0.25) is 0 Å². The van der Waals surface area contributed by atoms with E-state index >= 15 is 0 Å². The van der Waals surface area contributed by atoms with Crippen molar-refractivity contribution < 1.29 is 12.4 Å². The maximum absolute atomic E-state index is 2.33. The Morgan fingerprint density at radius 1 is 0.560 bits per heavy atom. The quantitative estimate of drug-likeness (QED) is 0.443. The Labute approximate surface area is 159 Å². The first-order chi connectivity index (χ1) is 11.9. The molecule has 0 aliphatic rings. The van der Waals surface area contributed by atoms with Crippen LogP contribution in [0, 0.1) is 0 Å². The highest BCUT2D eigenvalue weighted by molar-refractivity contribution is 7.95. The Bertz CT molecular complexity index is 629. The lowest BCUT2D eigenvalue weighted by Crippen LogP contribution is -3.00. The summed E-state index contributed by atoms with van der Waals surface area (Å²) < 4.78 is 0. The van der Waals surface area contributed by atoms with E-state index in [1.807, 2.05) is 0 Å². The van der Waals surface area contributed by atoms with E-state index in [1.54, 1.807) is 0 Å². The van der Waals surface area contributed by atoms with Crippen LogP contribution >= 0.6 is 7.26 Å². The Balaban J connectivity index is 0.00000225. The molecule has 3 aromatic carbocycles. The zero-order valence-corrected chi connectivity index (χ0v) is 16.5. The molecule has 3 aromatic rings. The average Bonchev–Trinajstić information content (AvgIpc) is 2.68. The number of hydrogen-bond donors (Lipinski definition) is 0. The molecule has 2 heteroatoms. The van der Waals surface area contributed by atoms with E-state index in [4.69, 9.17) is 0 Å². The Hall–Kier alpha value is -1.62. The first kappa shape index (κ1) is 19.7. The van der Waals surface area contributed by atoms with Gasteiger partial charge in [0, 0.05) is 0 Å². The summed E-state index contributed by atoms with van der Waals surface area (Å²) in [6, 6.07) is 33.5. The van der Waals surface area contributed by atoms with E-state index in [1.165, 1.54) is 41.3 Å². The van der Waals surface area contributed by atoms with Gasteiger partial charge >= 0.3 is 0 Å². The van der Waals surface area contributed by atoms with Gasteiger partial charge < -0.3 is 12.4 Å². The van der Waals surface area contributed by atoms with Crippen molar-refractivity contribution in [1.82, 2.24) is 0 Å². The highest BCUT2D eigenvalue weighted by atomic mass is 35.5. The molecule has 3 rings (SSSR count). The third-order valence-corrected chi connectivity index (χ3v) is 9.21. The molecule has 0 radical (unpaired) electrons. The molecule has 25 heavy (non-hydrogen) atoms. The van der Waals surface area contributed by atoms with Crippen molar-refractivity contribution in [1.29, 1.82) is 0 Å². The van der Waals surface area contributed by atoms with Crippen molar-refractivity contribution in [2.24, 2.45) is 0 Å². The van der Waals surface area contributed by atoms with Gasteiger partial charge in [0.25, 0.3) is 0 Å². The zero-order valence-electron chi connectivity index (χ0n) is 14.8. The number of rotatable bonds is 7. The Kier molecular flexibility index (Phi) is 7.69. The molecule has 0 heterocycles. The predicted molar refractivity (Wildman–Crippen MR) is 110 cm³/mol. The summed E-state index contributed by atoms with van der Waals surface area (Å²) in [5, 5.41) is 4.50. The lowest BCUT2D eigenvalue weighted by atomic mass is 10.3. The summed E-state index contributed by atoms with van der Waals surface area (Å²) in [7, 11) is -1.58. The maximum Gasteiger partial charge on any atom is 0.112 e. The molecule has 0 aliphatic carbocycles. The van der Waals surface area contributed by atoms with E-state index in [2.05, 4.69) is 97.9 Å². The second kappa shape index (κ2) is 9.76. The fourth-order valence-electron chi connectivity index (χ4n) is 3.48. The predicted octanol–water partition coefficient (Wildman–Crippen LogP) is 2.17. The van der Waals surface area contributed by atoms with Crippen molar-refractivity contribution in [3.05, 3.63) is 91.0 Å². The van der Waals surface area contributed by atoms with Gasteiger partial charge in [0.15, 0.2) is 0 Å². The van der Waals surface area contributed by atoms with Gasteiger partial charge in [-0.15, -0.1) is 0 Å². The van der Waals surface area contributed by atoms with Gasteiger partial charge in [-0.25, -0.2) is 0 Å². The van der Waals surface area contributed by atoms with Gasteiger partial charge in [-0.2, -0.15) is 0 Å². The maximum atomic E-state index is 2.33. The molecule has 0 saturated carbocycles. The van der Waals surface area contributed by atoms with Crippen molar-refractivity contribution in [3.63, 3.8) is 0 Å². The highest BCUT2D eigenvalue weighted by Gasteiger charge is 2.44. The van der Waals surface area contributed by atoms with Crippen molar-refractivity contribution >= 4 is 23.2 Å². The molecule has 0 N–H and O–H groups in total. The first-order valence-electron chi connectivity index (χ1n) is 8.93. The van der Waals surface area contributed by atoms with E-state index < -0.39 is 7.26 Å². The monoisotopic (exact) mass is 368 g/mol. The van der Waals surface area contributed by atoms with E-state index in [0.29, 0.717) is 0 Å². The smallest absolute Gasteiger partial charge is 0.112 e. The van der Waals surface area contributed by atoms with Gasteiger partial charge in [-0.05, 0) is 42.8 Å². The minimum atomic E-state index is -1.58. The largest absolute Gasteiger partial charge is 1.00 e. The van der Waals surface area contributed by atoms with E-state index in [-0.39, 0.29) is 12.4 Å². The van der Waals surface area contributed by atoms with E-state index in [9.17, 15) is 0 Å². The minimum absolute atomic E-state index is 0. The van der Waals surface area contributed by atoms with Crippen LogP contribution < -0.4 is 28.3 Å². The molecular formula is C23H26ClP. The fourth-order valence-corrected chi connectivity index (χ4v) is 7.89. The van der Waals surface area contributed by atoms with Gasteiger partial charge in [-0.1, -0.05) is 74.4 Å². The van der Waals surface area contributed by atoms with Gasteiger partial charge in [0.05, 0.1) is 6.16 Å². The lowest BCUT2D eigenvalue weighted by Gasteiger charge is -2.27. The average molecular weight is 369 g/mol. The highest BCUT2D eigenvalue weighted by Crippen LogP contribution is 2.55. The summed E-state index contributed by atoms with van der Waals surface area (Å²) in [5.74, 6) is 0. The minimum Gasteiger partial charge on any atom is -1.00 e. The molecule has 0 nitrogen and oxygen atoms in total. The summed E-state index contributed by atoms with van der Waals surface area (Å²) in [6.07, 6.45) is 5.09. The Morgan fingerprint density at radius 3 is 1.24 bits per heavy atom. The summed E-state index contributed by atoms with van der Waals surface area (Å²) in [4.78, 5) is 0. The molecule has 0 aliphatic heterocycles. The van der Waals surface area contributed by atoms with Crippen LogP contribution in [-0.4, -0.2) is 6.16 Å². The molecule has 0 fully saturated rings. The molecule has 0 aromatic heterocycles. The van der Waals surface area contributed by atoms with Crippen molar-refractivity contribution in [3.8, 4) is 0 Å². The third kappa shape index (κ3) is 4.32. The summed E-state index contributed by atoms with van der Waals surface area (Å²) >= 11 is 0. The first-order valence-corrected chi connectivity index (χ1v) is 10.9. The lowest BCUT2D eigenvalue weighted by molar-refractivity contribution is -0.00000477. The Morgan fingerprint density at radius 2 is 0.920 bits per heavy atom. The standard InChI is InChI=1S/C23H26P.ClH/c1-2-3-13-20-24(21-14-7-4-8-15-21,22-16-9-5-10-17-22)23-18-11-6-12-19-23;/h4-12,14-19H,2-3,13,20H2,1H3;1H/q+1;/p-1.